The second-order valence-corrected chi connectivity index (χ2v) is 4.78. The third-order valence-corrected chi connectivity index (χ3v) is 3.23. The number of hydrogen-bond acceptors (Lipinski definition) is 3. The summed E-state index contributed by atoms with van der Waals surface area (Å²) in [6.45, 7) is 6.08. The van der Waals surface area contributed by atoms with Crippen LogP contribution in [0, 0.1) is 0 Å². The molecule has 3 nitrogen and oxygen atoms in total. The van der Waals surface area contributed by atoms with Crippen molar-refractivity contribution in [2.24, 2.45) is 0 Å². The van der Waals surface area contributed by atoms with Gasteiger partial charge < -0.3 is 15.2 Å². The van der Waals surface area contributed by atoms with Crippen LogP contribution in [0.3, 0.4) is 0 Å². The van der Waals surface area contributed by atoms with Gasteiger partial charge in [0.15, 0.2) is 0 Å². The number of likely N-dealkylation sites (N-methyl/N-ethyl adjacent to an activating group) is 1. The van der Waals surface area contributed by atoms with Crippen LogP contribution >= 0.6 is 0 Å². The van der Waals surface area contributed by atoms with Gasteiger partial charge in [0.05, 0.1) is 12.7 Å². The van der Waals surface area contributed by atoms with E-state index in [9.17, 15) is 5.11 Å². The van der Waals surface area contributed by atoms with Gasteiger partial charge in [0.25, 0.3) is 0 Å². The molecule has 0 radical (unpaired) electrons. The Bertz CT molecular complexity index is 171. The second kappa shape index (κ2) is 6.46. The van der Waals surface area contributed by atoms with Gasteiger partial charge >= 0.3 is 0 Å². The van der Waals surface area contributed by atoms with Crippen LogP contribution in [0.5, 0.6) is 0 Å². The number of ether oxygens (including phenoxy) is 1. The first kappa shape index (κ1) is 12.9. The lowest BCUT2D eigenvalue weighted by Crippen LogP contribution is -2.45. The van der Waals surface area contributed by atoms with Crippen LogP contribution < -0.4 is 5.32 Å². The minimum atomic E-state index is -0.127. The zero-order chi connectivity index (χ0) is 11.1. The Hall–Kier alpha value is -0.120. The molecule has 0 aromatic heterocycles. The lowest BCUT2D eigenvalue weighted by molar-refractivity contribution is -0.00252. The van der Waals surface area contributed by atoms with Crippen molar-refractivity contribution in [3.05, 3.63) is 0 Å². The highest BCUT2D eigenvalue weighted by Gasteiger charge is 2.22. The fourth-order valence-corrected chi connectivity index (χ4v) is 1.90. The highest BCUT2D eigenvalue weighted by molar-refractivity contribution is 4.81. The quantitative estimate of drug-likeness (QED) is 0.606. The van der Waals surface area contributed by atoms with Crippen molar-refractivity contribution in [1.82, 2.24) is 5.32 Å². The van der Waals surface area contributed by atoms with E-state index in [1.165, 1.54) is 19.3 Å². The van der Waals surface area contributed by atoms with Gasteiger partial charge in [-0.2, -0.15) is 0 Å². The summed E-state index contributed by atoms with van der Waals surface area (Å²) in [7, 11) is 0. The predicted octanol–water partition coefficient (Wildman–Crippen LogP) is 1.70. The fourth-order valence-electron chi connectivity index (χ4n) is 1.90. The Labute approximate surface area is 93.2 Å². The Balaban J connectivity index is 2.05. The molecule has 2 N–H and O–H groups in total. The van der Waals surface area contributed by atoms with Crippen molar-refractivity contribution in [3.8, 4) is 0 Å². The minimum absolute atomic E-state index is 0.127. The van der Waals surface area contributed by atoms with Gasteiger partial charge in [0.2, 0.25) is 0 Å². The van der Waals surface area contributed by atoms with E-state index in [1.807, 2.05) is 0 Å². The predicted molar refractivity (Wildman–Crippen MR) is 62.0 cm³/mol. The molecule has 15 heavy (non-hydrogen) atoms. The van der Waals surface area contributed by atoms with E-state index in [4.69, 9.17) is 4.74 Å². The van der Waals surface area contributed by atoms with Gasteiger partial charge in [0.1, 0.15) is 0 Å². The van der Waals surface area contributed by atoms with Crippen molar-refractivity contribution in [3.63, 3.8) is 0 Å². The van der Waals surface area contributed by atoms with Crippen LogP contribution in [0.2, 0.25) is 0 Å². The molecule has 0 amide bonds. The maximum absolute atomic E-state index is 9.28. The molecular weight excluding hydrogens is 190 g/mol. The maximum atomic E-state index is 9.28. The standard InChI is InChI=1S/C12H25NO2/c1-3-13-12(2,10-14)8-5-9-15-11-6-4-7-11/h11,13-14H,3-10H2,1-2H3. The second-order valence-electron chi connectivity index (χ2n) is 4.78. The van der Waals surface area contributed by atoms with Gasteiger partial charge in [0, 0.05) is 12.1 Å². The molecule has 1 atom stereocenters. The number of aliphatic hydroxyl groups excluding tert-OH is 1. The summed E-state index contributed by atoms with van der Waals surface area (Å²) in [4.78, 5) is 0. The van der Waals surface area contributed by atoms with Crippen LogP contribution in [0.1, 0.15) is 46.0 Å². The molecule has 3 heteroatoms. The average molecular weight is 215 g/mol. The lowest BCUT2D eigenvalue weighted by Gasteiger charge is -2.29. The van der Waals surface area contributed by atoms with Crippen LogP contribution in [-0.4, -0.2) is 36.5 Å². The first-order valence-corrected chi connectivity index (χ1v) is 6.17. The average Bonchev–Trinajstić information content (AvgIpc) is 2.15. The van der Waals surface area contributed by atoms with Crippen LogP contribution in [0.15, 0.2) is 0 Å². The summed E-state index contributed by atoms with van der Waals surface area (Å²) >= 11 is 0. The smallest absolute Gasteiger partial charge is 0.0610 e. The third-order valence-electron chi connectivity index (χ3n) is 3.23. The molecule has 90 valence electrons. The Morgan fingerprint density at radius 3 is 2.67 bits per heavy atom. The molecule has 0 spiro atoms. The highest BCUT2D eigenvalue weighted by Crippen LogP contribution is 2.22. The van der Waals surface area contributed by atoms with Crippen molar-refractivity contribution in [2.75, 3.05) is 19.8 Å². The molecule has 0 aromatic carbocycles. The van der Waals surface area contributed by atoms with Gasteiger partial charge in [-0.3, -0.25) is 0 Å². The van der Waals surface area contributed by atoms with Crippen molar-refractivity contribution in [1.29, 1.82) is 0 Å². The zero-order valence-corrected chi connectivity index (χ0v) is 10.1. The topological polar surface area (TPSA) is 41.5 Å². The van der Waals surface area contributed by atoms with Crippen LogP contribution in [0.4, 0.5) is 0 Å². The molecule has 0 heterocycles. The summed E-state index contributed by atoms with van der Waals surface area (Å²) in [6.07, 6.45) is 6.35. The first-order chi connectivity index (χ1) is 7.20. The van der Waals surface area contributed by atoms with Gasteiger partial charge in [-0.05, 0) is 45.6 Å². The van der Waals surface area contributed by atoms with E-state index < -0.39 is 0 Å². The van der Waals surface area contributed by atoms with E-state index in [1.54, 1.807) is 0 Å². The monoisotopic (exact) mass is 215 g/mol. The molecule has 1 aliphatic rings. The van der Waals surface area contributed by atoms with Gasteiger partial charge in [-0.1, -0.05) is 6.92 Å². The van der Waals surface area contributed by atoms with E-state index in [0.29, 0.717) is 6.10 Å². The van der Waals surface area contributed by atoms with Crippen LogP contribution in [0.25, 0.3) is 0 Å². The van der Waals surface area contributed by atoms with E-state index in [2.05, 4.69) is 19.2 Å². The Kier molecular flexibility index (Phi) is 5.58. The zero-order valence-electron chi connectivity index (χ0n) is 10.1. The molecule has 1 unspecified atom stereocenters. The summed E-state index contributed by atoms with van der Waals surface area (Å²) in [5, 5.41) is 12.6. The van der Waals surface area contributed by atoms with Gasteiger partial charge in [-0.15, -0.1) is 0 Å². The number of aliphatic hydroxyl groups is 1. The molecule has 0 aliphatic heterocycles. The molecule has 1 aliphatic carbocycles. The Morgan fingerprint density at radius 2 is 2.20 bits per heavy atom. The highest BCUT2D eigenvalue weighted by atomic mass is 16.5. The van der Waals surface area contributed by atoms with Gasteiger partial charge in [-0.25, -0.2) is 0 Å². The van der Waals surface area contributed by atoms with Crippen molar-refractivity contribution < 1.29 is 9.84 Å². The minimum Gasteiger partial charge on any atom is -0.394 e. The third kappa shape index (κ3) is 4.49. The summed E-state index contributed by atoms with van der Waals surface area (Å²) in [6, 6.07) is 0. The van der Waals surface area contributed by atoms with Crippen LogP contribution in [-0.2, 0) is 4.74 Å². The largest absolute Gasteiger partial charge is 0.394 e. The normalized spacial score (nSPS) is 21.0. The summed E-state index contributed by atoms with van der Waals surface area (Å²) in [5.74, 6) is 0. The molecule has 1 fully saturated rings. The summed E-state index contributed by atoms with van der Waals surface area (Å²) < 4.78 is 5.69. The number of rotatable bonds is 8. The number of nitrogens with one attached hydrogen (secondary N) is 1. The molecule has 0 bridgehead atoms. The number of hydrogen-bond donors (Lipinski definition) is 2. The molecular formula is C12H25NO2. The fraction of sp³-hybridized carbons (Fsp3) is 1.00. The van der Waals surface area contributed by atoms with E-state index in [0.717, 1.165) is 26.0 Å². The molecule has 0 saturated heterocycles. The molecule has 1 rings (SSSR count). The van der Waals surface area contributed by atoms with E-state index >= 15 is 0 Å². The van der Waals surface area contributed by atoms with Crippen molar-refractivity contribution in [2.45, 2.75) is 57.6 Å². The summed E-state index contributed by atoms with van der Waals surface area (Å²) in [5.41, 5.74) is -0.127. The SMILES string of the molecule is CCNC(C)(CO)CCCOC1CCC1. The van der Waals surface area contributed by atoms with E-state index in [-0.39, 0.29) is 12.1 Å². The molecule has 1 saturated carbocycles. The first-order valence-electron chi connectivity index (χ1n) is 6.17. The Morgan fingerprint density at radius 1 is 1.47 bits per heavy atom. The maximum Gasteiger partial charge on any atom is 0.0610 e. The van der Waals surface area contributed by atoms with Crippen molar-refractivity contribution >= 4 is 0 Å². The molecule has 0 aromatic rings. The lowest BCUT2D eigenvalue weighted by atomic mass is 9.95.